The second kappa shape index (κ2) is 6.64. The fourth-order valence-corrected chi connectivity index (χ4v) is 3.88. The zero-order valence-corrected chi connectivity index (χ0v) is 13.8. The molecular formula is C17H25ClFNO. The molecule has 2 nitrogen and oxygen atoms in total. The third kappa shape index (κ3) is 3.41. The quantitative estimate of drug-likeness (QED) is 0.911. The van der Waals surface area contributed by atoms with E-state index >= 15 is 0 Å². The number of nitrogens with zero attached hydrogens (tertiary/aromatic N) is 1. The lowest BCUT2D eigenvalue weighted by molar-refractivity contribution is -0.0424. The lowest BCUT2D eigenvalue weighted by Gasteiger charge is -2.48. The van der Waals surface area contributed by atoms with E-state index in [0.717, 1.165) is 19.3 Å². The molecule has 0 heterocycles. The molecule has 1 N–H and O–H groups in total. The van der Waals surface area contributed by atoms with Gasteiger partial charge in [0.05, 0.1) is 11.1 Å². The lowest BCUT2D eigenvalue weighted by Crippen LogP contribution is -2.56. The Bertz CT molecular complexity index is 494. The van der Waals surface area contributed by atoms with Gasteiger partial charge in [-0.15, -0.1) is 0 Å². The second-order valence-corrected chi connectivity index (χ2v) is 7.01. The number of aliphatic hydroxyl groups is 1. The van der Waals surface area contributed by atoms with Crippen LogP contribution in [-0.2, 0) is 6.42 Å². The van der Waals surface area contributed by atoms with Crippen LogP contribution in [0.3, 0.4) is 0 Å². The number of hydrogen-bond donors (Lipinski definition) is 1. The van der Waals surface area contributed by atoms with Gasteiger partial charge in [-0.05, 0) is 44.5 Å². The first-order valence-electron chi connectivity index (χ1n) is 7.65. The molecule has 0 aromatic heterocycles. The van der Waals surface area contributed by atoms with E-state index in [0.29, 0.717) is 17.9 Å². The number of rotatable bonds is 4. The third-order valence-corrected chi connectivity index (χ3v) is 5.39. The van der Waals surface area contributed by atoms with Crippen molar-refractivity contribution >= 4 is 11.6 Å². The zero-order chi connectivity index (χ0) is 15.6. The van der Waals surface area contributed by atoms with E-state index in [9.17, 15) is 9.50 Å². The molecule has 118 valence electrons. The van der Waals surface area contributed by atoms with Gasteiger partial charge in [-0.1, -0.05) is 43.5 Å². The van der Waals surface area contributed by atoms with Gasteiger partial charge in [0.1, 0.15) is 5.82 Å². The predicted octanol–water partition coefficient (Wildman–Crippen LogP) is 3.89. The standard InChI is InChI=1S/C17H25ClFNO/c1-12-6-5-9-17(11-12,20(2)3)15(21)10-13-7-4-8-14(19)16(13)18/h4,7-8,12,15,21H,5-6,9-11H2,1-3H3. The fourth-order valence-electron chi connectivity index (χ4n) is 3.68. The number of halogens is 2. The van der Waals surface area contributed by atoms with Crippen LogP contribution in [0.1, 0.15) is 38.2 Å². The van der Waals surface area contributed by atoms with Gasteiger partial charge in [0.15, 0.2) is 0 Å². The molecule has 1 aliphatic rings. The number of likely N-dealkylation sites (N-methyl/N-ethyl adjacent to an activating group) is 1. The molecule has 0 saturated heterocycles. The Morgan fingerprint density at radius 3 is 2.81 bits per heavy atom. The van der Waals surface area contributed by atoms with Crippen molar-refractivity contribution < 1.29 is 9.50 Å². The van der Waals surface area contributed by atoms with Crippen LogP contribution < -0.4 is 0 Å². The van der Waals surface area contributed by atoms with E-state index in [1.165, 1.54) is 12.5 Å². The van der Waals surface area contributed by atoms with Gasteiger partial charge in [-0.3, -0.25) is 0 Å². The summed E-state index contributed by atoms with van der Waals surface area (Å²) in [5.74, 6) is 0.177. The van der Waals surface area contributed by atoms with E-state index in [4.69, 9.17) is 11.6 Å². The Kier molecular flexibility index (Phi) is 5.29. The van der Waals surface area contributed by atoms with E-state index < -0.39 is 11.9 Å². The van der Waals surface area contributed by atoms with Crippen molar-refractivity contribution in [3.8, 4) is 0 Å². The summed E-state index contributed by atoms with van der Waals surface area (Å²) in [5, 5.41) is 11.0. The van der Waals surface area contributed by atoms with Crippen molar-refractivity contribution in [1.82, 2.24) is 4.90 Å². The van der Waals surface area contributed by atoms with Crippen LogP contribution in [0.5, 0.6) is 0 Å². The van der Waals surface area contributed by atoms with Crippen LogP contribution in [0.4, 0.5) is 4.39 Å². The second-order valence-electron chi connectivity index (χ2n) is 6.63. The Hall–Kier alpha value is -0.640. The average molecular weight is 314 g/mol. The molecule has 3 unspecified atom stereocenters. The van der Waals surface area contributed by atoms with Gasteiger partial charge in [0, 0.05) is 12.0 Å². The first-order chi connectivity index (χ1) is 9.86. The summed E-state index contributed by atoms with van der Waals surface area (Å²) in [6.45, 7) is 2.24. The Morgan fingerprint density at radius 1 is 1.48 bits per heavy atom. The Morgan fingerprint density at radius 2 is 2.19 bits per heavy atom. The molecule has 0 amide bonds. The summed E-state index contributed by atoms with van der Waals surface area (Å²) in [5.41, 5.74) is 0.441. The van der Waals surface area contributed by atoms with Crippen molar-refractivity contribution in [2.24, 2.45) is 5.92 Å². The van der Waals surface area contributed by atoms with Gasteiger partial charge >= 0.3 is 0 Å². The lowest BCUT2D eigenvalue weighted by atomic mass is 9.71. The molecule has 0 bridgehead atoms. The van der Waals surface area contributed by atoms with Crippen molar-refractivity contribution in [2.75, 3.05) is 14.1 Å². The summed E-state index contributed by atoms with van der Waals surface area (Å²) in [7, 11) is 4.04. The van der Waals surface area contributed by atoms with Gasteiger partial charge in [0.25, 0.3) is 0 Å². The first kappa shape index (κ1) is 16.7. The monoisotopic (exact) mass is 313 g/mol. The van der Waals surface area contributed by atoms with Crippen molar-refractivity contribution in [1.29, 1.82) is 0 Å². The first-order valence-corrected chi connectivity index (χ1v) is 8.03. The van der Waals surface area contributed by atoms with Crippen molar-refractivity contribution in [3.05, 3.63) is 34.6 Å². The smallest absolute Gasteiger partial charge is 0.142 e. The van der Waals surface area contributed by atoms with Crippen molar-refractivity contribution in [3.63, 3.8) is 0 Å². The predicted molar refractivity (Wildman–Crippen MR) is 85.2 cm³/mol. The summed E-state index contributed by atoms with van der Waals surface area (Å²) >= 11 is 6.03. The molecule has 1 aromatic rings. The number of hydrogen-bond acceptors (Lipinski definition) is 2. The Labute approximate surface area is 131 Å². The van der Waals surface area contributed by atoms with Gasteiger partial charge in [-0.25, -0.2) is 4.39 Å². The summed E-state index contributed by atoms with van der Waals surface area (Å²) in [6.07, 6.45) is 4.11. The molecule has 0 aliphatic heterocycles. The maximum absolute atomic E-state index is 13.6. The molecule has 1 aromatic carbocycles. The minimum Gasteiger partial charge on any atom is -0.391 e. The molecule has 1 saturated carbocycles. The number of benzene rings is 1. The maximum Gasteiger partial charge on any atom is 0.142 e. The van der Waals surface area contributed by atoms with Crippen LogP contribution in [0.2, 0.25) is 5.02 Å². The largest absolute Gasteiger partial charge is 0.391 e. The van der Waals surface area contributed by atoms with Gasteiger partial charge < -0.3 is 10.0 Å². The fraction of sp³-hybridized carbons (Fsp3) is 0.647. The maximum atomic E-state index is 13.6. The van der Waals surface area contributed by atoms with Gasteiger partial charge in [0.2, 0.25) is 0 Å². The highest BCUT2D eigenvalue weighted by Gasteiger charge is 2.43. The Balaban J connectivity index is 2.23. The minimum absolute atomic E-state index is 0.134. The summed E-state index contributed by atoms with van der Waals surface area (Å²) in [4.78, 5) is 2.14. The summed E-state index contributed by atoms with van der Waals surface area (Å²) in [6, 6.07) is 4.79. The molecule has 4 heteroatoms. The number of aliphatic hydroxyl groups excluding tert-OH is 1. The van der Waals surface area contributed by atoms with E-state index in [1.807, 2.05) is 14.1 Å². The molecule has 2 rings (SSSR count). The SMILES string of the molecule is CC1CCCC(C(O)Cc2cccc(F)c2Cl)(N(C)C)C1. The molecule has 21 heavy (non-hydrogen) atoms. The van der Waals surface area contributed by atoms with Crippen LogP contribution in [0.25, 0.3) is 0 Å². The summed E-state index contributed by atoms with van der Waals surface area (Å²) < 4.78 is 13.6. The highest BCUT2D eigenvalue weighted by molar-refractivity contribution is 6.31. The average Bonchev–Trinajstić information content (AvgIpc) is 2.43. The highest BCUT2D eigenvalue weighted by atomic mass is 35.5. The van der Waals surface area contributed by atoms with E-state index in [2.05, 4.69) is 11.8 Å². The van der Waals surface area contributed by atoms with E-state index in [-0.39, 0.29) is 10.6 Å². The third-order valence-electron chi connectivity index (χ3n) is 4.96. The van der Waals surface area contributed by atoms with Crippen LogP contribution in [0.15, 0.2) is 18.2 Å². The van der Waals surface area contributed by atoms with Crippen LogP contribution >= 0.6 is 11.6 Å². The molecular weight excluding hydrogens is 289 g/mol. The molecule has 1 aliphatic carbocycles. The van der Waals surface area contributed by atoms with Crippen molar-refractivity contribution in [2.45, 2.75) is 50.7 Å². The molecule has 0 spiro atoms. The zero-order valence-electron chi connectivity index (χ0n) is 13.1. The molecule has 3 atom stereocenters. The topological polar surface area (TPSA) is 23.5 Å². The van der Waals surface area contributed by atoms with Gasteiger partial charge in [-0.2, -0.15) is 0 Å². The van der Waals surface area contributed by atoms with Crippen LogP contribution in [0, 0.1) is 11.7 Å². The molecule has 0 radical (unpaired) electrons. The highest BCUT2D eigenvalue weighted by Crippen LogP contribution is 2.39. The normalized spacial score (nSPS) is 27.9. The molecule has 1 fully saturated rings. The minimum atomic E-state index is -0.547. The van der Waals surface area contributed by atoms with Crippen LogP contribution in [-0.4, -0.2) is 35.7 Å². The van der Waals surface area contributed by atoms with E-state index in [1.54, 1.807) is 12.1 Å².